The maximum Gasteiger partial charge on any atom is 0.294 e. The Morgan fingerprint density at radius 1 is 1.42 bits per heavy atom. The van der Waals surface area contributed by atoms with Gasteiger partial charge in [0.25, 0.3) is 16.0 Å². The molecule has 1 aromatic carbocycles. The van der Waals surface area contributed by atoms with Crippen LogP contribution in [0, 0.1) is 18.3 Å². The van der Waals surface area contributed by atoms with E-state index in [0.717, 1.165) is 10.5 Å². The van der Waals surface area contributed by atoms with E-state index in [9.17, 15) is 22.0 Å². The van der Waals surface area contributed by atoms with E-state index in [2.05, 4.69) is 0 Å². The van der Waals surface area contributed by atoms with Crippen LogP contribution in [0.15, 0.2) is 29.2 Å². The fourth-order valence-corrected chi connectivity index (χ4v) is 2.78. The van der Waals surface area contributed by atoms with Crippen molar-refractivity contribution >= 4 is 16.0 Å². The van der Waals surface area contributed by atoms with E-state index in [1.807, 2.05) is 6.92 Å². The number of hydrogen-bond donors (Lipinski definition) is 2. The van der Waals surface area contributed by atoms with E-state index in [0.29, 0.717) is 13.0 Å². The summed E-state index contributed by atoms with van der Waals surface area (Å²) in [6.07, 6.45) is 0.0294. The average Bonchev–Trinajstić information content (AvgIpc) is 2.88. The van der Waals surface area contributed by atoms with Crippen molar-refractivity contribution in [1.82, 2.24) is 4.90 Å². The minimum absolute atomic E-state index is 0.0666. The van der Waals surface area contributed by atoms with Crippen molar-refractivity contribution in [3.63, 3.8) is 0 Å². The number of aryl methyl sites for hydroxylation is 1. The van der Waals surface area contributed by atoms with Crippen LogP contribution in [0.1, 0.15) is 24.8 Å². The Bertz CT molecular complexity index is 761. The zero-order chi connectivity index (χ0) is 20.0. The maximum absolute atomic E-state index is 12.9. The van der Waals surface area contributed by atoms with Crippen molar-refractivity contribution in [1.29, 1.82) is 5.26 Å². The summed E-state index contributed by atoms with van der Waals surface area (Å²) >= 11 is 0. The second kappa shape index (κ2) is 9.02. The molecule has 10 heteroatoms. The molecule has 1 aliphatic heterocycles. The van der Waals surface area contributed by atoms with Crippen LogP contribution < -0.4 is 5.73 Å². The molecule has 2 rings (SSSR count). The molecule has 0 bridgehead atoms. The van der Waals surface area contributed by atoms with Gasteiger partial charge in [-0.2, -0.15) is 13.7 Å². The fraction of sp³-hybridized carbons (Fsp3) is 0.500. The van der Waals surface area contributed by atoms with Gasteiger partial charge in [-0.1, -0.05) is 17.7 Å². The lowest BCUT2D eigenvalue weighted by Crippen LogP contribution is -2.36. The van der Waals surface area contributed by atoms with Crippen LogP contribution in [0.25, 0.3) is 0 Å². The highest BCUT2D eigenvalue weighted by molar-refractivity contribution is 7.85. The number of nitrogens with zero attached hydrogens (tertiary/aromatic N) is 2. The molecule has 7 nitrogen and oxygen atoms in total. The summed E-state index contributed by atoms with van der Waals surface area (Å²) in [6, 6.07) is 6.71. The van der Waals surface area contributed by atoms with Gasteiger partial charge in [-0.3, -0.25) is 9.35 Å². The van der Waals surface area contributed by atoms with Crippen LogP contribution in [0.2, 0.25) is 0 Å². The summed E-state index contributed by atoms with van der Waals surface area (Å²) in [7, 11) is -4.02. The summed E-state index contributed by atoms with van der Waals surface area (Å²) < 4.78 is 55.4. The van der Waals surface area contributed by atoms with Gasteiger partial charge >= 0.3 is 0 Å². The van der Waals surface area contributed by atoms with E-state index in [4.69, 9.17) is 15.5 Å². The van der Waals surface area contributed by atoms with Gasteiger partial charge in [-0.05, 0) is 32.0 Å². The Kier molecular flexibility index (Phi) is 7.62. The molecule has 1 atom stereocenters. The van der Waals surface area contributed by atoms with E-state index in [1.54, 1.807) is 18.2 Å². The Morgan fingerprint density at radius 3 is 2.46 bits per heavy atom. The third-order valence-electron chi connectivity index (χ3n) is 3.65. The highest BCUT2D eigenvalue weighted by Crippen LogP contribution is 2.32. The van der Waals surface area contributed by atoms with E-state index >= 15 is 0 Å². The molecule has 0 unspecified atom stereocenters. The predicted octanol–water partition coefficient (Wildman–Crippen LogP) is 1.73. The van der Waals surface area contributed by atoms with Gasteiger partial charge in [0.15, 0.2) is 0 Å². The minimum Gasteiger partial charge on any atom is -0.330 e. The smallest absolute Gasteiger partial charge is 0.294 e. The summed E-state index contributed by atoms with van der Waals surface area (Å²) in [5.41, 5.74) is 6.17. The van der Waals surface area contributed by atoms with Gasteiger partial charge < -0.3 is 10.6 Å². The molecule has 1 amide bonds. The number of carbonyl (C=O) groups excluding carboxylic acids is 1. The third kappa shape index (κ3) is 6.67. The minimum atomic E-state index is -4.02. The monoisotopic (exact) mass is 389 g/mol. The van der Waals surface area contributed by atoms with Gasteiger partial charge in [0.2, 0.25) is 5.91 Å². The molecule has 0 spiro atoms. The molecule has 1 aromatic rings. The van der Waals surface area contributed by atoms with Gasteiger partial charge in [0.1, 0.15) is 6.04 Å². The highest BCUT2D eigenvalue weighted by Gasteiger charge is 2.46. The standard InChI is InChI=1S/C9H13F2N3O.C7H8O3S/c10-9(11)4-7(5-13)14(6-9)8(15)2-1-3-12;1-6-2-4-7(5-3-6)11(8,9)10/h7H,1-4,6,12H2;2-5H,1H3,(H,8,9,10)/t7-;/m0./s1. The number of benzene rings is 1. The topological polar surface area (TPSA) is 124 Å². The van der Waals surface area contributed by atoms with Crippen molar-refractivity contribution in [2.24, 2.45) is 5.73 Å². The quantitative estimate of drug-likeness (QED) is 0.756. The number of hydrogen-bond acceptors (Lipinski definition) is 5. The van der Waals surface area contributed by atoms with Gasteiger partial charge in [0.05, 0.1) is 17.5 Å². The van der Waals surface area contributed by atoms with Gasteiger partial charge in [0, 0.05) is 12.8 Å². The number of rotatable bonds is 4. The second-order valence-corrected chi connectivity index (χ2v) is 7.33. The number of nitriles is 1. The van der Waals surface area contributed by atoms with Crippen LogP contribution in [-0.2, 0) is 14.9 Å². The molecule has 1 aliphatic rings. The number of nitrogens with two attached hydrogens (primary N) is 1. The molecule has 3 N–H and O–H groups in total. The SMILES string of the molecule is Cc1ccc(S(=O)(=O)O)cc1.N#C[C@@H]1CC(F)(F)CN1C(=O)CCCN. The highest BCUT2D eigenvalue weighted by atomic mass is 32.2. The summed E-state index contributed by atoms with van der Waals surface area (Å²) in [5.74, 6) is -3.34. The Hall–Kier alpha value is -2.09. The molecule has 0 aliphatic carbocycles. The van der Waals surface area contributed by atoms with Crippen molar-refractivity contribution in [2.75, 3.05) is 13.1 Å². The van der Waals surface area contributed by atoms with Crippen molar-refractivity contribution < 1.29 is 26.5 Å². The lowest BCUT2D eigenvalue weighted by atomic mass is 10.2. The first-order valence-electron chi connectivity index (χ1n) is 7.81. The fourth-order valence-electron chi connectivity index (χ4n) is 2.30. The van der Waals surface area contributed by atoms with Crippen molar-refractivity contribution in [2.45, 2.75) is 43.0 Å². The first-order chi connectivity index (χ1) is 12.0. The first-order valence-corrected chi connectivity index (χ1v) is 9.25. The van der Waals surface area contributed by atoms with Crippen LogP contribution in [0.3, 0.4) is 0 Å². The van der Waals surface area contributed by atoms with Crippen LogP contribution in [0.5, 0.6) is 0 Å². The van der Waals surface area contributed by atoms with E-state index in [-0.39, 0.29) is 11.3 Å². The first kappa shape index (κ1) is 22.0. The van der Waals surface area contributed by atoms with E-state index < -0.39 is 41.0 Å². The zero-order valence-corrected chi connectivity index (χ0v) is 15.0. The molecule has 144 valence electrons. The molecule has 0 saturated carbocycles. The number of halogens is 2. The zero-order valence-electron chi connectivity index (χ0n) is 14.2. The van der Waals surface area contributed by atoms with Crippen LogP contribution >= 0.6 is 0 Å². The second-order valence-electron chi connectivity index (χ2n) is 5.91. The molecule has 1 heterocycles. The normalized spacial score (nSPS) is 18.6. The number of alkyl halides is 2. The third-order valence-corrected chi connectivity index (χ3v) is 4.52. The van der Waals surface area contributed by atoms with Crippen molar-refractivity contribution in [3.8, 4) is 6.07 Å². The predicted molar refractivity (Wildman–Crippen MR) is 90.0 cm³/mol. The Morgan fingerprint density at radius 2 is 2.00 bits per heavy atom. The van der Waals surface area contributed by atoms with E-state index in [1.165, 1.54) is 12.1 Å². The molecule has 0 radical (unpaired) electrons. The molecule has 26 heavy (non-hydrogen) atoms. The number of amides is 1. The Labute approximate surface area is 151 Å². The largest absolute Gasteiger partial charge is 0.330 e. The summed E-state index contributed by atoms with van der Waals surface area (Å²) in [6.45, 7) is 1.54. The molecule has 0 aromatic heterocycles. The van der Waals surface area contributed by atoms with Crippen LogP contribution in [-0.4, -0.2) is 48.8 Å². The van der Waals surface area contributed by atoms with Crippen molar-refractivity contribution in [3.05, 3.63) is 29.8 Å². The van der Waals surface area contributed by atoms with Gasteiger partial charge in [-0.15, -0.1) is 0 Å². The van der Waals surface area contributed by atoms with Gasteiger partial charge in [-0.25, -0.2) is 8.78 Å². The number of carbonyl (C=O) groups is 1. The molecular formula is C16H21F2N3O4S. The molecular weight excluding hydrogens is 368 g/mol. The lowest BCUT2D eigenvalue weighted by molar-refractivity contribution is -0.132. The summed E-state index contributed by atoms with van der Waals surface area (Å²) in [5, 5.41) is 8.64. The van der Waals surface area contributed by atoms with Crippen LogP contribution in [0.4, 0.5) is 8.78 Å². The number of likely N-dealkylation sites (tertiary alicyclic amines) is 1. The molecule has 1 saturated heterocycles. The Balaban J connectivity index is 0.000000273. The molecule has 1 fully saturated rings. The average molecular weight is 389 g/mol. The summed E-state index contributed by atoms with van der Waals surface area (Å²) in [4.78, 5) is 12.3. The lowest BCUT2D eigenvalue weighted by Gasteiger charge is -2.18. The maximum atomic E-state index is 12.9.